The van der Waals surface area contributed by atoms with Gasteiger partial charge in [0.1, 0.15) is 18.0 Å². The average molecular weight is 257 g/mol. The highest BCUT2D eigenvalue weighted by Crippen LogP contribution is 2.19. The summed E-state index contributed by atoms with van der Waals surface area (Å²) in [5, 5.41) is 3.87. The first-order valence-electron chi connectivity index (χ1n) is 5.93. The fraction of sp³-hybridized carbons (Fsp3) is 0.154. The quantitative estimate of drug-likeness (QED) is 0.777. The summed E-state index contributed by atoms with van der Waals surface area (Å²) in [4.78, 5) is 12.2. The number of benzene rings is 1. The van der Waals surface area contributed by atoms with Gasteiger partial charge in [-0.2, -0.15) is 0 Å². The van der Waals surface area contributed by atoms with Crippen LogP contribution in [0.4, 0.5) is 10.2 Å². The van der Waals surface area contributed by atoms with Crippen LogP contribution in [0.2, 0.25) is 0 Å². The van der Waals surface area contributed by atoms with Crippen molar-refractivity contribution in [1.82, 2.24) is 19.5 Å². The minimum Gasteiger partial charge on any atom is -0.368 e. The van der Waals surface area contributed by atoms with Crippen LogP contribution in [0.5, 0.6) is 0 Å². The lowest BCUT2D eigenvalue weighted by Gasteiger charge is -2.08. The van der Waals surface area contributed by atoms with E-state index in [4.69, 9.17) is 0 Å². The molecule has 5 nitrogen and oxygen atoms in total. The molecule has 0 spiro atoms. The summed E-state index contributed by atoms with van der Waals surface area (Å²) in [6.45, 7) is 1.44. The number of fused-ring (bicyclic) bond motifs is 1. The Morgan fingerprint density at radius 3 is 3.05 bits per heavy atom. The van der Waals surface area contributed by atoms with Crippen molar-refractivity contribution in [2.75, 3.05) is 11.9 Å². The van der Waals surface area contributed by atoms with E-state index in [0.29, 0.717) is 17.7 Å². The predicted molar refractivity (Wildman–Crippen MR) is 70.2 cm³/mol. The number of nitrogens with zero attached hydrogens (tertiary/aromatic N) is 4. The molecular weight excluding hydrogens is 245 g/mol. The Hall–Kier alpha value is -2.50. The van der Waals surface area contributed by atoms with Crippen LogP contribution in [-0.4, -0.2) is 26.1 Å². The molecule has 0 aliphatic rings. The van der Waals surface area contributed by atoms with Gasteiger partial charge in [-0.15, -0.1) is 0 Å². The normalized spacial score (nSPS) is 10.8. The SMILES string of the molecule is Fc1ccc2ncnc(NCCn3ccnc3)c2c1. The molecule has 19 heavy (non-hydrogen) atoms. The molecule has 0 amide bonds. The number of halogens is 1. The van der Waals surface area contributed by atoms with Gasteiger partial charge in [0, 0.05) is 30.9 Å². The summed E-state index contributed by atoms with van der Waals surface area (Å²) < 4.78 is 15.2. The van der Waals surface area contributed by atoms with E-state index in [-0.39, 0.29) is 5.82 Å². The van der Waals surface area contributed by atoms with Gasteiger partial charge in [0.2, 0.25) is 0 Å². The van der Waals surface area contributed by atoms with Crippen molar-refractivity contribution in [1.29, 1.82) is 0 Å². The zero-order valence-corrected chi connectivity index (χ0v) is 10.1. The number of hydrogen-bond donors (Lipinski definition) is 1. The maximum atomic E-state index is 13.3. The van der Waals surface area contributed by atoms with E-state index in [1.807, 2.05) is 10.8 Å². The second-order valence-corrected chi connectivity index (χ2v) is 4.11. The van der Waals surface area contributed by atoms with Crippen LogP contribution in [0.25, 0.3) is 10.9 Å². The molecule has 2 heterocycles. The maximum Gasteiger partial charge on any atom is 0.137 e. The fourth-order valence-corrected chi connectivity index (χ4v) is 1.89. The van der Waals surface area contributed by atoms with Gasteiger partial charge in [-0.1, -0.05) is 0 Å². The van der Waals surface area contributed by atoms with Crippen molar-refractivity contribution in [2.45, 2.75) is 6.54 Å². The van der Waals surface area contributed by atoms with Gasteiger partial charge in [0.25, 0.3) is 0 Å². The molecule has 0 fully saturated rings. The first kappa shape index (κ1) is 11.6. The number of anilines is 1. The van der Waals surface area contributed by atoms with Crippen LogP contribution >= 0.6 is 0 Å². The van der Waals surface area contributed by atoms with Crippen molar-refractivity contribution in [3.05, 3.63) is 49.1 Å². The standard InChI is InChI=1S/C13H12FN5/c14-10-1-2-12-11(7-10)13(18-8-17-12)16-4-6-19-5-3-15-9-19/h1-3,5,7-9H,4,6H2,(H,16,17,18). The number of hydrogen-bond acceptors (Lipinski definition) is 4. The number of aromatic nitrogens is 4. The zero-order valence-electron chi connectivity index (χ0n) is 10.1. The first-order chi connectivity index (χ1) is 9.33. The summed E-state index contributed by atoms with van der Waals surface area (Å²) in [6.07, 6.45) is 6.84. The first-order valence-corrected chi connectivity index (χ1v) is 5.93. The van der Waals surface area contributed by atoms with E-state index < -0.39 is 0 Å². The van der Waals surface area contributed by atoms with E-state index in [2.05, 4.69) is 20.3 Å². The molecule has 0 radical (unpaired) electrons. The minimum atomic E-state index is -0.292. The van der Waals surface area contributed by atoms with E-state index in [1.165, 1.54) is 18.5 Å². The molecule has 0 bridgehead atoms. The molecule has 0 atom stereocenters. The molecule has 2 aromatic heterocycles. The van der Waals surface area contributed by atoms with Crippen molar-refractivity contribution in [3.8, 4) is 0 Å². The lowest BCUT2D eigenvalue weighted by atomic mass is 10.2. The van der Waals surface area contributed by atoms with Gasteiger partial charge in [0.15, 0.2) is 0 Å². The Bertz CT molecular complexity index is 681. The van der Waals surface area contributed by atoms with E-state index in [0.717, 1.165) is 12.1 Å². The predicted octanol–water partition coefficient (Wildman–Crippen LogP) is 2.08. The van der Waals surface area contributed by atoms with Crippen LogP contribution in [0.3, 0.4) is 0 Å². The molecule has 0 saturated heterocycles. The third-order valence-electron chi connectivity index (χ3n) is 2.82. The molecule has 3 aromatic rings. The molecule has 0 aliphatic carbocycles. The molecular formula is C13H12FN5. The third-order valence-corrected chi connectivity index (χ3v) is 2.82. The summed E-state index contributed by atoms with van der Waals surface area (Å²) in [6, 6.07) is 4.48. The monoisotopic (exact) mass is 257 g/mol. The molecule has 0 saturated carbocycles. The number of imidazole rings is 1. The smallest absolute Gasteiger partial charge is 0.137 e. The Kier molecular flexibility index (Phi) is 3.06. The molecule has 0 aliphatic heterocycles. The van der Waals surface area contributed by atoms with Crippen LogP contribution < -0.4 is 5.32 Å². The van der Waals surface area contributed by atoms with Crippen LogP contribution in [0.1, 0.15) is 0 Å². The maximum absolute atomic E-state index is 13.3. The Morgan fingerprint density at radius 2 is 2.21 bits per heavy atom. The summed E-state index contributed by atoms with van der Waals surface area (Å²) in [7, 11) is 0. The van der Waals surface area contributed by atoms with Crippen molar-refractivity contribution in [2.24, 2.45) is 0 Å². The van der Waals surface area contributed by atoms with E-state index in [9.17, 15) is 4.39 Å². The van der Waals surface area contributed by atoms with Gasteiger partial charge in [0.05, 0.1) is 11.8 Å². The number of rotatable bonds is 4. The highest BCUT2D eigenvalue weighted by Gasteiger charge is 2.04. The molecule has 0 unspecified atom stereocenters. The summed E-state index contributed by atoms with van der Waals surface area (Å²) in [5.74, 6) is 0.351. The topological polar surface area (TPSA) is 55.6 Å². The average Bonchev–Trinajstić information content (AvgIpc) is 2.92. The fourth-order valence-electron chi connectivity index (χ4n) is 1.89. The minimum absolute atomic E-state index is 0.292. The second-order valence-electron chi connectivity index (χ2n) is 4.11. The molecule has 6 heteroatoms. The van der Waals surface area contributed by atoms with Gasteiger partial charge in [-0.3, -0.25) is 0 Å². The van der Waals surface area contributed by atoms with Crippen molar-refractivity contribution >= 4 is 16.7 Å². The van der Waals surface area contributed by atoms with Gasteiger partial charge < -0.3 is 9.88 Å². The van der Waals surface area contributed by atoms with E-state index >= 15 is 0 Å². The van der Waals surface area contributed by atoms with Crippen LogP contribution in [0.15, 0.2) is 43.2 Å². The van der Waals surface area contributed by atoms with Crippen molar-refractivity contribution < 1.29 is 4.39 Å². The van der Waals surface area contributed by atoms with Gasteiger partial charge in [-0.05, 0) is 18.2 Å². The summed E-state index contributed by atoms with van der Waals surface area (Å²) >= 11 is 0. The molecule has 3 rings (SSSR count). The second kappa shape index (κ2) is 5.01. The van der Waals surface area contributed by atoms with Gasteiger partial charge in [-0.25, -0.2) is 19.3 Å². The lowest BCUT2D eigenvalue weighted by Crippen LogP contribution is -2.10. The van der Waals surface area contributed by atoms with Gasteiger partial charge >= 0.3 is 0 Å². The molecule has 1 aromatic carbocycles. The van der Waals surface area contributed by atoms with Crippen LogP contribution in [0, 0.1) is 5.82 Å². The third kappa shape index (κ3) is 2.52. The Balaban J connectivity index is 1.78. The highest BCUT2D eigenvalue weighted by molar-refractivity contribution is 5.88. The number of nitrogens with one attached hydrogen (secondary N) is 1. The summed E-state index contributed by atoms with van der Waals surface area (Å²) in [5.41, 5.74) is 0.724. The highest BCUT2D eigenvalue weighted by atomic mass is 19.1. The van der Waals surface area contributed by atoms with Crippen molar-refractivity contribution in [3.63, 3.8) is 0 Å². The molecule has 96 valence electrons. The Labute approximate surface area is 109 Å². The Morgan fingerprint density at radius 1 is 1.26 bits per heavy atom. The zero-order chi connectivity index (χ0) is 13.1. The molecule has 1 N–H and O–H groups in total. The largest absolute Gasteiger partial charge is 0.368 e. The van der Waals surface area contributed by atoms with E-state index in [1.54, 1.807) is 18.6 Å². The van der Waals surface area contributed by atoms with Crippen LogP contribution in [-0.2, 0) is 6.54 Å². The lowest BCUT2D eigenvalue weighted by molar-refractivity contribution is 0.629.